The summed E-state index contributed by atoms with van der Waals surface area (Å²) in [4.78, 5) is 51.8. The summed E-state index contributed by atoms with van der Waals surface area (Å²) in [6.07, 6.45) is -1.14. The first-order chi connectivity index (χ1) is 20.4. The molecule has 1 unspecified atom stereocenters. The maximum Gasteiger partial charge on any atom is 0.412 e. The third-order valence-corrected chi connectivity index (χ3v) is 7.37. The number of carboxylic acid groups (broad SMARTS) is 1. The zero-order valence-corrected chi connectivity index (χ0v) is 25.2. The molecule has 3 aromatic carbocycles. The highest BCUT2D eigenvalue weighted by Crippen LogP contribution is 2.36. The van der Waals surface area contributed by atoms with E-state index in [-0.39, 0.29) is 18.4 Å². The van der Waals surface area contributed by atoms with E-state index in [9.17, 15) is 24.3 Å². The quantitative estimate of drug-likeness (QED) is 0.168. The van der Waals surface area contributed by atoms with Gasteiger partial charge in [-0.25, -0.2) is 4.79 Å². The van der Waals surface area contributed by atoms with Crippen molar-refractivity contribution >= 4 is 52.2 Å². The standard InChI is InChI=1S/C33H34N4O5S/c1-21(38)34-19-27(31(40)35-26-8-6-5-7-9-26)22-10-12-23(13-11-22)30(39)36-28-18-24(25-16-17-43-20-25)14-15-29(28)37(32(41)42)33(2,3)4/h5-18,20,27H,19H2,1-4H3,(H,34,38)(H,35,40)(H,36,39)(H,41,42). The van der Waals surface area contributed by atoms with Crippen LogP contribution in [-0.2, 0) is 9.59 Å². The Kier molecular flexibility index (Phi) is 9.62. The summed E-state index contributed by atoms with van der Waals surface area (Å²) < 4.78 is 0. The fourth-order valence-corrected chi connectivity index (χ4v) is 5.28. The minimum Gasteiger partial charge on any atom is -0.465 e. The number of carbonyl (C=O) groups is 4. The zero-order valence-electron chi connectivity index (χ0n) is 24.4. The molecule has 4 rings (SSSR count). The molecule has 0 spiro atoms. The highest BCUT2D eigenvalue weighted by molar-refractivity contribution is 7.08. The number of rotatable bonds is 9. The van der Waals surface area contributed by atoms with Crippen LogP contribution in [-0.4, -0.2) is 41.0 Å². The molecule has 0 aliphatic heterocycles. The molecular weight excluding hydrogens is 564 g/mol. The summed E-state index contributed by atoms with van der Waals surface area (Å²) in [7, 11) is 0. The molecule has 1 aromatic heterocycles. The van der Waals surface area contributed by atoms with Gasteiger partial charge in [0.25, 0.3) is 5.91 Å². The van der Waals surface area contributed by atoms with Crippen molar-refractivity contribution in [3.05, 3.63) is 101 Å². The monoisotopic (exact) mass is 598 g/mol. The van der Waals surface area contributed by atoms with Crippen molar-refractivity contribution in [3.63, 3.8) is 0 Å². The van der Waals surface area contributed by atoms with E-state index in [2.05, 4.69) is 16.0 Å². The molecule has 0 fully saturated rings. The van der Waals surface area contributed by atoms with E-state index in [1.54, 1.807) is 69.3 Å². The second-order valence-electron chi connectivity index (χ2n) is 11.0. The van der Waals surface area contributed by atoms with Gasteiger partial charge in [-0.1, -0.05) is 36.4 Å². The summed E-state index contributed by atoms with van der Waals surface area (Å²) >= 11 is 1.54. The van der Waals surface area contributed by atoms with Crippen molar-refractivity contribution < 1.29 is 24.3 Å². The Hall–Kier alpha value is -4.96. The summed E-state index contributed by atoms with van der Waals surface area (Å²) in [5.41, 5.74) is 3.26. The van der Waals surface area contributed by atoms with Gasteiger partial charge in [-0.15, -0.1) is 0 Å². The topological polar surface area (TPSA) is 128 Å². The predicted molar refractivity (Wildman–Crippen MR) is 171 cm³/mol. The van der Waals surface area contributed by atoms with Crippen LogP contribution in [0.5, 0.6) is 0 Å². The molecule has 1 heterocycles. The fourth-order valence-electron chi connectivity index (χ4n) is 4.61. The van der Waals surface area contributed by atoms with Gasteiger partial charge in [0.15, 0.2) is 0 Å². The summed E-state index contributed by atoms with van der Waals surface area (Å²) in [6.45, 7) is 6.80. The Morgan fingerprint density at radius 1 is 0.884 bits per heavy atom. The van der Waals surface area contributed by atoms with Crippen molar-refractivity contribution in [1.82, 2.24) is 5.32 Å². The fraction of sp³-hybridized carbons (Fsp3) is 0.212. The first-order valence-corrected chi connectivity index (χ1v) is 14.6. The van der Waals surface area contributed by atoms with Crippen LogP contribution < -0.4 is 20.9 Å². The highest BCUT2D eigenvalue weighted by Gasteiger charge is 2.30. The van der Waals surface area contributed by atoms with Crippen molar-refractivity contribution in [3.8, 4) is 11.1 Å². The van der Waals surface area contributed by atoms with Crippen LogP contribution in [0, 0.1) is 0 Å². The lowest BCUT2D eigenvalue weighted by Gasteiger charge is -2.34. The number of nitrogens with one attached hydrogen (secondary N) is 3. The molecule has 0 bridgehead atoms. The van der Waals surface area contributed by atoms with Crippen LogP contribution in [0.4, 0.5) is 21.9 Å². The van der Waals surface area contributed by atoms with Crippen LogP contribution in [0.15, 0.2) is 89.6 Å². The van der Waals surface area contributed by atoms with E-state index in [0.29, 0.717) is 28.2 Å². The molecule has 4 N–H and O–H groups in total. The van der Waals surface area contributed by atoms with E-state index in [1.807, 2.05) is 41.1 Å². The van der Waals surface area contributed by atoms with Crippen LogP contribution in [0.3, 0.4) is 0 Å². The van der Waals surface area contributed by atoms with Gasteiger partial charge in [0.05, 0.1) is 17.3 Å². The molecule has 222 valence electrons. The molecule has 0 saturated carbocycles. The minimum absolute atomic E-state index is 0.0795. The number of thiophene rings is 1. The van der Waals surface area contributed by atoms with Crippen molar-refractivity contribution in [2.24, 2.45) is 0 Å². The van der Waals surface area contributed by atoms with Gasteiger partial charge >= 0.3 is 6.09 Å². The van der Waals surface area contributed by atoms with Gasteiger partial charge in [0.2, 0.25) is 11.8 Å². The molecule has 9 nitrogen and oxygen atoms in total. The second-order valence-corrected chi connectivity index (χ2v) is 11.7. The lowest BCUT2D eigenvalue weighted by atomic mass is 9.96. The van der Waals surface area contributed by atoms with Gasteiger partial charge in [-0.3, -0.25) is 19.3 Å². The second kappa shape index (κ2) is 13.3. The molecular formula is C33H34N4O5S. The van der Waals surface area contributed by atoms with Crippen molar-refractivity contribution in [2.45, 2.75) is 39.2 Å². The first kappa shape index (κ1) is 31.0. The maximum absolute atomic E-state index is 13.5. The van der Waals surface area contributed by atoms with Crippen molar-refractivity contribution in [1.29, 1.82) is 0 Å². The number of para-hydroxylation sites is 1. The average molecular weight is 599 g/mol. The van der Waals surface area contributed by atoms with Gasteiger partial charge in [-0.2, -0.15) is 11.3 Å². The number of hydrogen-bond acceptors (Lipinski definition) is 5. The number of amides is 4. The Morgan fingerprint density at radius 2 is 1.58 bits per heavy atom. The molecule has 0 radical (unpaired) electrons. The Labute approximate surface area is 254 Å². The number of carbonyl (C=O) groups excluding carboxylic acids is 3. The summed E-state index contributed by atoms with van der Waals surface area (Å²) in [5.74, 6) is -1.71. The van der Waals surface area contributed by atoms with Crippen molar-refractivity contribution in [2.75, 3.05) is 22.1 Å². The van der Waals surface area contributed by atoms with Crippen LogP contribution in [0.25, 0.3) is 11.1 Å². The van der Waals surface area contributed by atoms with Crippen LogP contribution >= 0.6 is 11.3 Å². The number of anilines is 3. The molecule has 10 heteroatoms. The zero-order chi connectivity index (χ0) is 31.1. The molecule has 0 aliphatic rings. The van der Waals surface area contributed by atoms with E-state index < -0.39 is 23.5 Å². The predicted octanol–water partition coefficient (Wildman–Crippen LogP) is 6.81. The van der Waals surface area contributed by atoms with E-state index >= 15 is 0 Å². The minimum atomic E-state index is -1.14. The number of hydrogen-bond donors (Lipinski definition) is 4. The van der Waals surface area contributed by atoms with E-state index in [4.69, 9.17) is 0 Å². The summed E-state index contributed by atoms with van der Waals surface area (Å²) in [5, 5.41) is 22.4. The van der Waals surface area contributed by atoms with Crippen LogP contribution in [0.1, 0.15) is 49.5 Å². The lowest BCUT2D eigenvalue weighted by Crippen LogP contribution is -2.45. The van der Waals surface area contributed by atoms with Gasteiger partial charge in [-0.05, 0) is 90.7 Å². The maximum atomic E-state index is 13.5. The Bertz CT molecular complexity index is 1600. The Balaban J connectivity index is 1.62. The average Bonchev–Trinajstić information content (AvgIpc) is 3.49. The van der Waals surface area contributed by atoms with E-state index in [1.165, 1.54) is 23.2 Å². The molecule has 0 saturated heterocycles. The number of nitrogens with zero attached hydrogens (tertiary/aromatic N) is 1. The lowest BCUT2D eigenvalue weighted by molar-refractivity contribution is -0.119. The van der Waals surface area contributed by atoms with Gasteiger partial charge < -0.3 is 21.1 Å². The van der Waals surface area contributed by atoms with Gasteiger partial charge in [0, 0.05) is 30.3 Å². The molecule has 1 atom stereocenters. The molecule has 0 aliphatic carbocycles. The normalized spacial score (nSPS) is 11.7. The van der Waals surface area contributed by atoms with E-state index in [0.717, 1.165) is 11.1 Å². The third-order valence-electron chi connectivity index (χ3n) is 6.69. The first-order valence-electron chi connectivity index (χ1n) is 13.7. The van der Waals surface area contributed by atoms with Gasteiger partial charge in [0.1, 0.15) is 0 Å². The van der Waals surface area contributed by atoms with Crippen LogP contribution in [0.2, 0.25) is 0 Å². The molecule has 43 heavy (non-hydrogen) atoms. The Morgan fingerprint density at radius 3 is 2.16 bits per heavy atom. The summed E-state index contributed by atoms with van der Waals surface area (Å²) in [6, 6.07) is 22.8. The smallest absolute Gasteiger partial charge is 0.412 e. The SMILES string of the molecule is CC(=O)NCC(C(=O)Nc1ccccc1)c1ccc(C(=O)Nc2cc(-c3ccsc3)ccc2N(C(=O)O)C(C)(C)C)cc1. The number of benzene rings is 3. The molecule has 4 aromatic rings. The highest BCUT2D eigenvalue weighted by atomic mass is 32.1. The third kappa shape index (κ3) is 7.87. The molecule has 4 amide bonds. The largest absolute Gasteiger partial charge is 0.465 e.